The van der Waals surface area contributed by atoms with E-state index in [1.807, 2.05) is 16.7 Å². The molecule has 3 aliphatic rings. The number of aromatic nitrogens is 3. The van der Waals surface area contributed by atoms with Crippen molar-refractivity contribution in [1.82, 2.24) is 14.4 Å². The highest BCUT2D eigenvalue weighted by Crippen LogP contribution is 2.58. The first-order chi connectivity index (χ1) is 7.69. The number of ether oxygens (including phenoxy) is 1. The van der Waals surface area contributed by atoms with E-state index in [-0.39, 0.29) is 11.0 Å². The van der Waals surface area contributed by atoms with Crippen LogP contribution in [-0.4, -0.2) is 26.6 Å². The fourth-order valence-electron chi connectivity index (χ4n) is 3.24. The average Bonchev–Trinajstić information content (AvgIpc) is 2.86. The minimum Gasteiger partial charge on any atom is -0.374 e. The Balaban J connectivity index is 1.83. The van der Waals surface area contributed by atoms with Gasteiger partial charge in [-0.25, -0.2) is 9.97 Å². The summed E-state index contributed by atoms with van der Waals surface area (Å²) in [4.78, 5) is 8.86. The van der Waals surface area contributed by atoms with Crippen molar-refractivity contribution in [1.29, 1.82) is 0 Å². The van der Waals surface area contributed by atoms with Gasteiger partial charge in [-0.3, -0.25) is 4.40 Å². The summed E-state index contributed by atoms with van der Waals surface area (Å²) in [6, 6.07) is 1.92. The molecule has 0 amide bonds. The highest BCUT2D eigenvalue weighted by molar-refractivity contribution is 5.37. The first kappa shape index (κ1) is 8.70. The third-order valence-electron chi connectivity index (χ3n) is 3.90. The molecule has 0 aromatic carbocycles. The molecule has 4 heteroatoms. The minimum absolute atomic E-state index is 0.114. The monoisotopic (exact) mass is 215 g/mol. The van der Waals surface area contributed by atoms with Crippen LogP contribution in [0.1, 0.15) is 25.5 Å². The predicted molar refractivity (Wildman–Crippen MR) is 58.3 cm³/mol. The maximum atomic E-state index is 5.80. The fourth-order valence-corrected chi connectivity index (χ4v) is 3.24. The van der Waals surface area contributed by atoms with Crippen molar-refractivity contribution in [3.63, 3.8) is 0 Å². The second-order valence-electron chi connectivity index (χ2n) is 5.33. The summed E-state index contributed by atoms with van der Waals surface area (Å²) in [7, 11) is 0. The summed E-state index contributed by atoms with van der Waals surface area (Å²) in [6.07, 6.45) is 8.06. The highest BCUT2D eigenvalue weighted by Gasteiger charge is 2.61. The number of rotatable bonds is 1. The van der Waals surface area contributed by atoms with Gasteiger partial charge >= 0.3 is 0 Å². The lowest BCUT2D eigenvalue weighted by Crippen LogP contribution is -2.45. The topological polar surface area (TPSA) is 39.4 Å². The van der Waals surface area contributed by atoms with Gasteiger partial charge in [0.05, 0.1) is 17.9 Å². The second kappa shape index (κ2) is 2.46. The van der Waals surface area contributed by atoms with Crippen LogP contribution in [-0.2, 0) is 10.2 Å². The van der Waals surface area contributed by atoms with Gasteiger partial charge in [-0.1, -0.05) is 0 Å². The summed E-state index contributed by atoms with van der Waals surface area (Å²) >= 11 is 0. The molecule has 2 aliphatic heterocycles. The Morgan fingerprint density at radius 1 is 1.44 bits per heavy atom. The Hall–Kier alpha value is -1.42. The smallest absolute Gasteiger partial charge is 0.233 e. The van der Waals surface area contributed by atoms with Gasteiger partial charge in [0.25, 0.3) is 0 Å². The van der Waals surface area contributed by atoms with E-state index in [0.717, 1.165) is 30.9 Å². The third-order valence-corrected chi connectivity index (χ3v) is 3.90. The molecule has 4 heterocycles. The third kappa shape index (κ3) is 0.930. The lowest BCUT2D eigenvalue weighted by atomic mass is 9.62. The summed E-state index contributed by atoms with van der Waals surface area (Å²) in [5.74, 6) is 0.785. The van der Waals surface area contributed by atoms with Crippen LogP contribution in [0.5, 0.6) is 0 Å². The molecule has 16 heavy (non-hydrogen) atoms. The van der Waals surface area contributed by atoms with Gasteiger partial charge in [-0.2, -0.15) is 0 Å². The van der Waals surface area contributed by atoms with Gasteiger partial charge in [-0.15, -0.1) is 0 Å². The van der Waals surface area contributed by atoms with Gasteiger partial charge in [0.15, 0.2) is 0 Å². The molecular weight excluding hydrogens is 202 g/mol. The molecule has 0 radical (unpaired) electrons. The van der Waals surface area contributed by atoms with E-state index in [4.69, 9.17) is 4.74 Å². The van der Waals surface area contributed by atoms with Crippen LogP contribution in [0.3, 0.4) is 0 Å². The van der Waals surface area contributed by atoms with Crippen LogP contribution >= 0.6 is 0 Å². The lowest BCUT2D eigenvalue weighted by molar-refractivity contribution is 0.0154. The normalized spacial score (nSPS) is 36.6. The molecule has 3 fully saturated rings. The Morgan fingerprint density at radius 3 is 3.00 bits per heavy atom. The molecule has 2 aromatic heterocycles. The van der Waals surface area contributed by atoms with Crippen LogP contribution < -0.4 is 0 Å². The summed E-state index contributed by atoms with van der Waals surface area (Å²) in [6.45, 7) is 3.00. The molecule has 4 nitrogen and oxygen atoms in total. The van der Waals surface area contributed by atoms with Gasteiger partial charge in [-0.05, 0) is 25.8 Å². The molecular formula is C12H13N3O. The van der Waals surface area contributed by atoms with E-state index in [9.17, 15) is 0 Å². The number of hydrogen-bond donors (Lipinski definition) is 0. The van der Waals surface area contributed by atoms with Crippen molar-refractivity contribution in [2.75, 3.05) is 6.61 Å². The Morgan fingerprint density at radius 2 is 2.31 bits per heavy atom. The Labute approximate surface area is 93.3 Å². The van der Waals surface area contributed by atoms with Crippen LogP contribution in [0.15, 0.2) is 24.7 Å². The van der Waals surface area contributed by atoms with E-state index in [2.05, 4.69) is 23.1 Å². The van der Waals surface area contributed by atoms with E-state index in [1.54, 1.807) is 6.20 Å². The van der Waals surface area contributed by atoms with E-state index in [1.165, 1.54) is 0 Å². The van der Waals surface area contributed by atoms with Gasteiger partial charge in [0.1, 0.15) is 0 Å². The summed E-state index contributed by atoms with van der Waals surface area (Å²) in [5.41, 5.74) is 1.42. The first-order valence-corrected chi connectivity index (χ1v) is 5.63. The molecule has 0 atom stereocenters. The standard InChI is InChI=1S/C12H13N3O/c1-11-6-12(7-11,8-16-11)9-5-15-4-2-3-13-10(15)14-9/h2-5H,6-8H2,1H3. The quantitative estimate of drug-likeness (QED) is 0.724. The van der Waals surface area contributed by atoms with Crippen molar-refractivity contribution in [3.8, 4) is 0 Å². The zero-order chi connectivity index (χ0) is 10.8. The van der Waals surface area contributed by atoms with Crippen LogP contribution in [0.2, 0.25) is 0 Å². The maximum Gasteiger partial charge on any atom is 0.233 e. The van der Waals surface area contributed by atoms with Crippen molar-refractivity contribution in [2.45, 2.75) is 30.8 Å². The fraction of sp³-hybridized carbons (Fsp3) is 0.500. The highest BCUT2D eigenvalue weighted by atomic mass is 16.5. The van der Waals surface area contributed by atoms with E-state index in [0.29, 0.717) is 0 Å². The summed E-state index contributed by atoms with van der Waals surface area (Å²) < 4.78 is 7.78. The van der Waals surface area contributed by atoms with E-state index >= 15 is 0 Å². The molecule has 1 aliphatic carbocycles. The average molecular weight is 215 g/mol. The van der Waals surface area contributed by atoms with Crippen LogP contribution in [0.25, 0.3) is 5.78 Å². The van der Waals surface area contributed by atoms with Gasteiger partial charge in [0.2, 0.25) is 5.78 Å². The first-order valence-electron chi connectivity index (χ1n) is 5.63. The van der Waals surface area contributed by atoms with Gasteiger partial charge in [0, 0.05) is 24.0 Å². The number of hydrogen-bond acceptors (Lipinski definition) is 3. The van der Waals surface area contributed by atoms with Crippen molar-refractivity contribution in [2.24, 2.45) is 0 Å². The zero-order valence-corrected chi connectivity index (χ0v) is 9.18. The van der Waals surface area contributed by atoms with Crippen molar-refractivity contribution >= 4 is 5.78 Å². The number of fused-ring (bicyclic) bond motifs is 2. The van der Waals surface area contributed by atoms with Crippen LogP contribution in [0.4, 0.5) is 0 Å². The van der Waals surface area contributed by atoms with Crippen LogP contribution in [0, 0.1) is 0 Å². The molecule has 2 bridgehead atoms. The maximum absolute atomic E-state index is 5.80. The minimum atomic E-state index is 0.114. The molecule has 2 aromatic rings. The van der Waals surface area contributed by atoms with Crippen molar-refractivity contribution < 1.29 is 4.74 Å². The molecule has 5 rings (SSSR count). The molecule has 1 saturated carbocycles. The molecule has 2 saturated heterocycles. The van der Waals surface area contributed by atoms with Gasteiger partial charge < -0.3 is 4.74 Å². The Bertz CT molecular complexity index is 535. The van der Waals surface area contributed by atoms with E-state index < -0.39 is 0 Å². The Kier molecular flexibility index (Phi) is 1.34. The predicted octanol–water partition coefficient (Wildman–Crippen LogP) is 1.55. The zero-order valence-electron chi connectivity index (χ0n) is 9.18. The molecule has 82 valence electrons. The molecule has 0 N–H and O–H groups in total. The summed E-state index contributed by atoms with van der Waals surface area (Å²) in [5, 5.41) is 0. The number of imidazole rings is 1. The SMILES string of the molecule is CC12CC(c3cn4cccnc4n3)(CO1)C2. The van der Waals surface area contributed by atoms with Crippen molar-refractivity contribution in [3.05, 3.63) is 30.4 Å². The largest absolute Gasteiger partial charge is 0.374 e. The molecule has 0 spiro atoms. The number of nitrogens with zero attached hydrogens (tertiary/aromatic N) is 3. The lowest BCUT2D eigenvalue weighted by Gasteiger charge is -2.41. The second-order valence-corrected chi connectivity index (χ2v) is 5.33. The molecule has 0 unspecified atom stereocenters.